The summed E-state index contributed by atoms with van der Waals surface area (Å²) in [5, 5.41) is 18.7. The van der Waals surface area contributed by atoms with Crippen molar-refractivity contribution in [2.24, 2.45) is 5.73 Å². The number of carboxylic acids is 2. The molecule has 0 aromatic carbocycles. The molecule has 0 bridgehead atoms. The number of nitrogens with one attached hydrogen (secondary N) is 1. The molecule has 0 aliphatic rings. The van der Waals surface area contributed by atoms with E-state index in [2.05, 4.69) is 12.2 Å². The van der Waals surface area contributed by atoms with Crippen molar-refractivity contribution in [2.45, 2.75) is 64.8 Å². The first kappa shape index (κ1) is 21.7. The Morgan fingerprint density at radius 2 is 1.52 bits per heavy atom. The molecule has 0 saturated heterocycles. The largest absolute Gasteiger partial charge is 0.481 e. The third-order valence-electron chi connectivity index (χ3n) is 2.62. The number of hydrogen-bond donors (Lipinski definition) is 4. The van der Waals surface area contributed by atoms with Gasteiger partial charge < -0.3 is 21.3 Å². The van der Waals surface area contributed by atoms with Crippen molar-refractivity contribution in [1.82, 2.24) is 5.32 Å². The molecule has 21 heavy (non-hydrogen) atoms. The van der Waals surface area contributed by atoms with Gasteiger partial charge in [0.25, 0.3) is 0 Å². The van der Waals surface area contributed by atoms with Gasteiger partial charge in [-0.25, -0.2) is 0 Å². The van der Waals surface area contributed by atoms with E-state index in [9.17, 15) is 14.4 Å². The van der Waals surface area contributed by atoms with Crippen LogP contribution in [-0.2, 0) is 14.4 Å². The smallest absolute Gasteiger partial charge is 0.303 e. The molecule has 7 nitrogen and oxygen atoms in total. The van der Waals surface area contributed by atoms with Gasteiger partial charge in [0.1, 0.15) is 0 Å². The molecule has 0 aliphatic heterocycles. The summed E-state index contributed by atoms with van der Waals surface area (Å²) in [6, 6.07) is 0. The van der Waals surface area contributed by atoms with Crippen LogP contribution < -0.4 is 11.1 Å². The summed E-state index contributed by atoms with van der Waals surface area (Å²) in [4.78, 5) is 30.3. The second kappa shape index (κ2) is 12.1. The summed E-state index contributed by atoms with van der Waals surface area (Å²) >= 11 is 0. The summed E-state index contributed by atoms with van der Waals surface area (Å²) in [5.41, 5.74) is 5.12. The monoisotopic (exact) mass is 304 g/mol. The van der Waals surface area contributed by atoms with Gasteiger partial charge in [0.15, 0.2) is 0 Å². The number of aliphatic carboxylic acids is 2. The molecule has 5 N–H and O–H groups in total. The number of carbonyl (C=O) groups excluding carboxylic acids is 1. The highest BCUT2D eigenvalue weighted by molar-refractivity contribution is 5.78. The maximum atomic E-state index is 11.0. The molecule has 0 atom stereocenters. The average molecular weight is 304 g/mol. The zero-order chi connectivity index (χ0) is 16.9. The minimum Gasteiger partial charge on any atom is -0.481 e. The van der Waals surface area contributed by atoms with Gasteiger partial charge in [-0.05, 0) is 20.3 Å². The lowest BCUT2D eigenvalue weighted by Crippen LogP contribution is -2.45. The Balaban J connectivity index is 0. The molecule has 0 radical (unpaired) electrons. The maximum absolute atomic E-state index is 11.0. The van der Waals surface area contributed by atoms with Crippen molar-refractivity contribution < 1.29 is 24.6 Å². The van der Waals surface area contributed by atoms with E-state index in [1.165, 1.54) is 12.8 Å². The Labute approximate surface area is 125 Å². The van der Waals surface area contributed by atoms with Gasteiger partial charge in [0, 0.05) is 5.54 Å². The van der Waals surface area contributed by atoms with Crippen molar-refractivity contribution in [3.8, 4) is 0 Å². The van der Waals surface area contributed by atoms with Crippen LogP contribution in [0.2, 0.25) is 0 Å². The minimum atomic E-state index is -1.08. The van der Waals surface area contributed by atoms with E-state index in [1.807, 2.05) is 13.8 Å². The molecular weight excluding hydrogens is 276 g/mol. The van der Waals surface area contributed by atoms with E-state index in [4.69, 9.17) is 15.9 Å². The van der Waals surface area contributed by atoms with Crippen LogP contribution in [0.25, 0.3) is 0 Å². The minimum absolute atomic E-state index is 0.0681. The van der Waals surface area contributed by atoms with Crippen LogP contribution in [-0.4, -0.2) is 40.1 Å². The van der Waals surface area contributed by atoms with Gasteiger partial charge in [-0.1, -0.05) is 26.2 Å². The molecule has 0 spiro atoms. The molecule has 0 saturated carbocycles. The number of rotatable bonds is 9. The molecular formula is C14H28N2O5. The normalized spacial score (nSPS) is 10.3. The van der Waals surface area contributed by atoms with E-state index >= 15 is 0 Å². The Morgan fingerprint density at radius 1 is 1.05 bits per heavy atom. The Kier molecular flexibility index (Phi) is 12.5. The maximum Gasteiger partial charge on any atom is 0.303 e. The van der Waals surface area contributed by atoms with Crippen LogP contribution in [0.15, 0.2) is 0 Å². The number of amides is 1. The zero-order valence-electron chi connectivity index (χ0n) is 13.1. The molecule has 1 amide bonds. The fourth-order valence-corrected chi connectivity index (χ4v) is 1.52. The second-order valence-electron chi connectivity index (χ2n) is 5.38. The summed E-state index contributed by atoms with van der Waals surface area (Å²) < 4.78 is 0. The molecule has 0 rings (SSSR count). The molecule has 0 aromatic rings. The predicted molar refractivity (Wildman–Crippen MR) is 79.9 cm³/mol. The summed E-state index contributed by atoms with van der Waals surface area (Å²) in [6.07, 6.45) is 4.02. The lowest BCUT2D eigenvalue weighted by atomic mass is 9.97. The second-order valence-corrected chi connectivity index (χ2v) is 5.38. The van der Waals surface area contributed by atoms with Crippen molar-refractivity contribution in [3.63, 3.8) is 0 Å². The van der Waals surface area contributed by atoms with Crippen molar-refractivity contribution in [2.75, 3.05) is 6.54 Å². The highest BCUT2D eigenvalue weighted by atomic mass is 16.4. The predicted octanol–water partition coefficient (Wildman–Crippen LogP) is 1.36. The third-order valence-corrected chi connectivity index (χ3v) is 2.62. The van der Waals surface area contributed by atoms with Gasteiger partial charge in [-0.15, -0.1) is 0 Å². The fourth-order valence-electron chi connectivity index (χ4n) is 1.52. The number of carbonyl (C=O) groups is 3. The van der Waals surface area contributed by atoms with Crippen molar-refractivity contribution in [1.29, 1.82) is 0 Å². The molecule has 0 fully saturated rings. The molecule has 0 aromatic heterocycles. The quantitative estimate of drug-likeness (QED) is 0.476. The lowest BCUT2D eigenvalue weighted by Gasteiger charge is -2.25. The van der Waals surface area contributed by atoms with E-state index in [0.717, 1.165) is 12.8 Å². The zero-order valence-corrected chi connectivity index (χ0v) is 13.1. The molecule has 0 aliphatic carbocycles. The van der Waals surface area contributed by atoms with Gasteiger partial charge in [-0.3, -0.25) is 14.4 Å². The first-order valence-electron chi connectivity index (χ1n) is 7.09. The topological polar surface area (TPSA) is 130 Å². The summed E-state index contributed by atoms with van der Waals surface area (Å²) in [6.45, 7) is 6.33. The number of unbranched alkanes of at least 4 members (excludes halogenated alkanes) is 2. The summed E-state index contributed by atoms with van der Waals surface area (Å²) in [7, 11) is 0. The van der Waals surface area contributed by atoms with Crippen LogP contribution in [0.4, 0.5) is 0 Å². The van der Waals surface area contributed by atoms with Crippen LogP contribution in [0.5, 0.6) is 0 Å². The van der Waals surface area contributed by atoms with Gasteiger partial charge >= 0.3 is 11.9 Å². The van der Waals surface area contributed by atoms with Gasteiger partial charge in [0.2, 0.25) is 5.91 Å². The molecule has 124 valence electrons. The van der Waals surface area contributed by atoms with Crippen LogP contribution >= 0.6 is 0 Å². The van der Waals surface area contributed by atoms with Crippen LogP contribution in [0, 0.1) is 0 Å². The van der Waals surface area contributed by atoms with Gasteiger partial charge in [-0.2, -0.15) is 0 Å². The first-order valence-corrected chi connectivity index (χ1v) is 7.09. The Hall–Kier alpha value is -1.63. The van der Waals surface area contributed by atoms with Crippen molar-refractivity contribution in [3.05, 3.63) is 0 Å². The third kappa shape index (κ3) is 18.4. The van der Waals surface area contributed by atoms with E-state index in [-0.39, 0.29) is 30.8 Å². The standard InChI is InChI=1S/C10H22N2O.C4H6O4/c1-4-5-6-7-10(2,3)12-9(13)8-11;5-3(6)1-2-4(7)8/h4-8,11H2,1-3H3,(H,12,13);1-2H2,(H,5,6)(H,7,8). The van der Waals surface area contributed by atoms with Crippen LogP contribution in [0.1, 0.15) is 59.3 Å². The average Bonchev–Trinajstić information content (AvgIpc) is 2.36. The van der Waals surface area contributed by atoms with Crippen LogP contribution in [0.3, 0.4) is 0 Å². The van der Waals surface area contributed by atoms with Crippen molar-refractivity contribution >= 4 is 17.8 Å². The van der Waals surface area contributed by atoms with E-state index in [1.54, 1.807) is 0 Å². The highest BCUT2D eigenvalue weighted by Gasteiger charge is 2.18. The summed E-state index contributed by atoms with van der Waals surface area (Å²) in [5.74, 6) is -2.22. The highest BCUT2D eigenvalue weighted by Crippen LogP contribution is 2.13. The first-order chi connectivity index (χ1) is 9.64. The number of carboxylic acid groups (broad SMARTS) is 2. The molecule has 0 unspecified atom stereocenters. The number of nitrogens with two attached hydrogens (primary N) is 1. The lowest BCUT2D eigenvalue weighted by molar-refractivity contribution is -0.143. The fraction of sp³-hybridized carbons (Fsp3) is 0.786. The Bertz CT molecular complexity index is 315. The molecule has 0 heterocycles. The van der Waals surface area contributed by atoms with Gasteiger partial charge in [0.05, 0.1) is 19.4 Å². The van der Waals surface area contributed by atoms with E-state index in [0.29, 0.717) is 0 Å². The molecule has 7 heteroatoms. The SMILES string of the molecule is CCCCCC(C)(C)NC(=O)CN.O=C(O)CCC(=O)O. The number of hydrogen-bond acceptors (Lipinski definition) is 4. The Morgan fingerprint density at radius 3 is 1.86 bits per heavy atom. The van der Waals surface area contributed by atoms with E-state index < -0.39 is 11.9 Å².